The summed E-state index contributed by atoms with van der Waals surface area (Å²) < 4.78 is 11.2. The van der Waals surface area contributed by atoms with Gasteiger partial charge in [-0.3, -0.25) is 4.79 Å². The van der Waals surface area contributed by atoms with Crippen LogP contribution in [0.15, 0.2) is 22.6 Å². The molecule has 2 atom stereocenters. The van der Waals surface area contributed by atoms with Crippen molar-refractivity contribution in [3.05, 3.63) is 18.2 Å². The van der Waals surface area contributed by atoms with Crippen LogP contribution in [0, 0.1) is 11.8 Å². The lowest BCUT2D eigenvalue weighted by Gasteiger charge is -2.34. The van der Waals surface area contributed by atoms with Gasteiger partial charge in [0.15, 0.2) is 5.58 Å². The molecule has 1 aromatic carbocycles. The van der Waals surface area contributed by atoms with Crippen LogP contribution < -0.4 is 10.2 Å². The number of nitrogens with zero attached hydrogens (tertiary/aromatic N) is 3. The van der Waals surface area contributed by atoms with Crippen LogP contribution in [0.2, 0.25) is 0 Å². The molecule has 2 saturated heterocycles. The molecule has 150 valence electrons. The van der Waals surface area contributed by atoms with Crippen LogP contribution in [0.4, 0.5) is 16.5 Å². The highest BCUT2D eigenvalue weighted by atomic mass is 16.5. The van der Waals surface area contributed by atoms with Crippen LogP contribution in [-0.2, 0) is 9.53 Å². The molecule has 2 aliphatic heterocycles. The van der Waals surface area contributed by atoms with Gasteiger partial charge in [-0.2, -0.15) is 4.98 Å². The summed E-state index contributed by atoms with van der Waals surface area (Å²) in [6.45, 7) is 5.47. The number of hydrogen-bond acceptors (Lipinski definition) is 6. The van der Waals surface area contributed by atoms with Gasteiger partial charge >= 0.3 is 12.0 Å². The number of aliphatic carboxylic acids is 1. The fourth-order valence-corrected chi connectivity index (χ4v) is 3.78. The first-order chi connectivity index (χ1) is 13.5. The minimum Gasteiger partial charge on any atom is -0.481 e. The molecule has 28 heavy (non-hydrogen) atoms. The van der Waals surface area contributed by atoms with Crippen LogP contribution in [0.1, 0.15) is 13.3 Å². The Kier molecular flexibility index (Phi) is 5.08. The smallest absolute Gasteiger partial charge is 0.321 e. The van der Waals surface area contributed by atoms with Crippen molar-refractivity contribution in [3.63, 3.8) is 0 Å². The van der Waals surface area contributed by atoms with Crippen LogP contribution in [-0.4, -0.2) is 66.4 Å². The van der Waals surface area contributed by atoms with Crippen molar-refractivity contribution in [1.82, 2.24) is 9.88 Å². The Labute approximate surface area is 162 Å². The number of carboxylic acid groups (broad SMARTS) is 1. The average molecular weight is 388 g/mol. The van der Waals surface area contributed by atoms with E-state index in [1.165, 1.54) is 0 Å². The normalized spacial score (nSPS) is 23.0. The van der Waals surface area contributed by atoms with Crippen molar-refractivity contribution >= 4 is 34.8 Å². The standard InChI is InChI=1S/C19H24N4O5/c1-12-8-13(17(24)25)11-23(10-12)18(26)20-14-2-3-15-16(9-14)28-19(21-15)22-4-6-27-7-5-22/h2-3,9,12-13H,4-8,10-11H2,1H3,(H,20,26)(H,24,25). The molecule has 0 bridgehead atoms. The number of nitrogens with one attached hydrogen (secondary N) is 1. The second-order valence-corrected chi connectivity index (χ2v) is 7.49. The topological polar surface area (TPSA) is 108 Å². The summed E-state index contributed by atoms with van der Waals surface area (Å²) in [7, 11) is 0. The second-order valence-electron chi connectivity index (χ2n) is 7.49. The fraction of sp³-hybridized carbons (Fsp3) is 0.526. The number of likely N-dealkylation sites (tertiary alicyclic amines) is 1. The maximum absolute atomic E-state index is 12.6. The Morgan fingerprint density at radius 1 is 1.25 bits per heavy atom. The van der Waals surface area contributed by atoms with Gasteiger partial charge in [-0.25, -0.2) is 4.79 Å². The number of morpholine rings is 1. The summed E-state index contributed by atoms with van der Waals surface area (Å²) in [5.74, 6) is -1.24. The van der Waals surface area contributed by atoms with E-state index in [0.717, 1.165) is 18.6 Å². The average Bonchev–Trinajstić information content (AvgIpc) is 3.11. The van der Waals surface area contributed by atoms with Crippen molar-refractivity contribution in [2.45, 2.75) is 13.3 Å². The summed E-state index contributed by atoms with van der Waals surface area (Å²) in [5.41, 5.74) is 1.90. The van der Waals surface area contributed by atoms with E-state index in [9.17, 15) is 14.7 Å². The number of ether oxygens (including phenoxy) is 1. The van der Waals surface area contributed by atoms with Gasteiger partial charge in [0.05, 0.1) is 19.1 Å². The monoisotopic (exact) mass is 388 g/mol. The number of urea groups is 1. The molecule has 2 amide bonds. The maximum Gasteiger partial charge on any atom is 0.321 e. The van der Waals surface area contributed by atoms with Gasteiger partial charge in [-0.05, 0) is 24.5 Å². The predicted octanol–water partition coefficient (Wildman–Crippen LogP) is 2.24. The van der Waals surface area contributed by atoms with E-state index in [1.807, 2.05) is 11.8 Å². The van der Waals surface area contributed by atoms with Crippen molar-refractivity contribution < 1.29 is 23.8 Å². The molecule has 0 aliphatic carbocycles. The van der Waals surface area contributed by atoms with Crippen LogP contribution in [0.3, 0.4) is 0 Å². The van der Waals surface area contributed by atoms with E-state index in [-0.39, 0.29) is 18.5 Å². The van der Waals surface area contributed by atoms with Gasteiger partial charge in [-0.1, -0.05) is 6.92 Å². The van der Waals surface area contributed by atoms with Gasteiger partial charge in [-0.15, -0.1) is 0 Å². The lowest BCUT2D eigenvalue weighted by Crippen LogP contribution is -2.47. The zero-order valence-corrected chi connectivity index (χ0v) is 15.8. The fourth-order valence-electron chi connectivity index (χ4n) is 3.78. The molecular formula is C19H24N4O5. The Morgan fingerprint density at radius 3 is 2.79 bits per heavy atom. The molecule has 4 rings (SSSR count). The Bertz CT molecular complexity index is 876. The number of oxazole rings is 1. The minimum atomic E-state index is -0.858. The maximum atomic E-state index is 12.6. The molecule has 2 aromatic rings. The van der Waals surface area contributed by atoms with E-state index in [0.29, 0.717) is 43.5 Å². The van der Waals surface area contributed by atoms with Gasteiger partial charge in [0.2, 0.25) is 0 Å². The zero-order chi connectivity index (χ0) is 19.7. The van der Waals surface area contributed by atoms with E-state index in [2.05, 4.69) is 10.3 Å². The molecule has 2 fully saturated rings. The number of anilines is 2. The summed E-state index contributed by atoms with van der Waals surface area (Å²) in [4.78, 5) is 32.0. The third kappa shape index (κ3) is 3.89. The van der Waals surface area contributed by atoms with Gasteiger partial charge in [0.25, 0.3) is 6.01 Å². The Morgan fingerprint density at radius 2 is 2.04 bits per heavy atom. The number of carbonyl (C=O) groups is 2. The van der Waals surface area contributed by atoms with Crippen molar-refractivity contribution in [2.24, 2.45) is 11.8 Å². The Balaban J connectivity index is 1.46. The van der Waals surface area contributed by atoms with Crippen LogP contribution >= 0.6 is 0 Å². The number of amides is 2. The minimum absolute atomic E-state index is 0.147. The van der Waals surface area contributed by atoms with Gasteiger partial charge < -0.3 is 29.4 Å². The van der Waals surface area contributed by atoms with Crippen molar-refractivity contribution in [3.8, 4) is 0 Å². The third-order valence-corrected chi connectivity index (χ3v) is 5.21. The highest BCUT2D eigenvalue weighted by molar-refractivity contribution is 5.92. The van der Waals surface area contributed by atoms with Gasteiger partial charge in [0.1, 0.15) is 5.52 Å². The van der Waals surface area contributed by atoms with Crippen molar-refractivity contribution in [2.75, 3.05) is 49.6 Å². The van der Waals surface area contributed by atoms with E-state index < -0.39 is 11.9 Å². The van der Waals surface area contributed by atoms with E-state index in [4.69, 9.17) is 9.15 Å². The molecule has 9 nitrogen and oxygen atoms in total. The third-order valence-electron chi connectivity index (χ3n) is 5.21. The quantitative estimate of drug-likeness (QED) is 0.830. The van der Waals surface area contributed by atoms with E-state index >= 15 is 0 Å². The van der Waals surface area contributed by atoms with Gasteiger partial charge in [0, 0.05) is 37.9 Å². The number of carboxylic acids is 1. The lowest BCUT2D eigenvalue weighted by atomic mass is 9.91. The van der Waals surface area contributed by atoms with Crippen molar-refractivity contribution in [1.29, 1.82) is 0 Å². The molecule has 2 N–H and O–H groups in total. The van der Waals surface area contributed by atoms with Crippen LogP contribution in [0.25, 0.3) is 11.1 Å². The summed E-state index contributed by atoms with van der Waals surface area (Å²) in [5, 5.41) is 12.1. The second kappa shape index (κ2) is 7.67. The summed E-state index contributed by atoms with van der Waals surface area (Å²) >= 11 is 0. The number of fused-ring (bicyclic) bond motifs is 1. The first-order valence-electron chi connectivity index (χ1n) is 9.51. The molecule has 0 radical (unpaired) electrons. The molecule has 0 spiro atoms. The summed E-state index contributed by atoms with van der Waals surface area (Å²) in [6, 6.07) is 5.57. The molecular weight excluding hydrogens is 364 g/mol. The highest BCUT2D eigenvalue weighted by Gasteiger charge is 2.32. The molecule has 2 unspecified atom stereocenters. The lowest BCUT2D eigenvalue weighted by molar-refractivity contribution is -0.143. The first-order valence-corrected chi connectivity index (χ1v) is 9.51. The van der Waals surface area contributed by atoms with Crippen LogP contribution in [0.5, 0.6) is 0 Å². The van der Waals surface area contributed by atoms with E-state index in [1.54, 1.807) is 23.1 Å². The zero-order valence-electron chi connectivity index (χ0n) is 15.8. The molecule has 1 aromatic heterocycles. The number of benzene rings is 1. The summed E-state index contributed by atoms with van der Waals surface area (Å²) in [6.07, 6.45) is 0.591. The number of aromatic nitrogens is 1. The number of piperidine rings is 1. The molecule has 0 saturated carbocycles. The highest BCUT2D eigenvalue weighted by Crippen LogP contribution is 2.26. The molecule has 9 heteroatoms. The first kappa shape index (κ1) is 18.5. The predicted molar refractivity (Wildman–Crippen MR) is 103 cm³/mol. The largest absolute Gasteiger partial charge is 0.481 e. The molecule has 3 heterocycles. The number of rotatable bonds is 3. The number of hydrogen-bond donors (Lipinski definition) is 2. The number of carbonyl (C=O) groups excluding carboxylic acids is 1. The Hall–Kier alpha value is -2.81. The SMILES string of the molecule is CC1CC(C(=O)O)CN(C(=O)Nc2ccc3nc(N4CCOCC4)oc3c2)C1. The molecule has 2 aliphatic rings.